The van der Waals surface area contributed by atoms with Crippen molar-refractivity contribution in [1.82, 2.24) is 20.2 Å². The molecule has 0 radical (unpaired) electrons. The maximum atomic E-state index is 5.70. The Morgan fingerprint density at radius 2 is 1.93 bits per heavy atom. The predicted octanol–water partition coefficient (Wildman–Crippen LogP) is 3.07. The Labute approximate surface area is 166 Å². The average Bonchev–Trinajstić information content (AvgIpc) is 3.24. The van der Waals surface area contributed by atoms with Crippen LogP contribution < -0.4 is 15.4 Å². The Morgan fingerprint density at radius 1 is 1.07 bits per heavy atom. The summed E-state index contributed by atoms with van der Waals surface area (Å²) in [6.07, 6.45) is 6.50. The van der Waals surface area contributed by atoms with Gasteiger partial charge in [0.1, 0.15) is 5.75 Å². The van der Waals surface area contributed by atoms with Gasteiger partial charge in [0, 0.05) is 39.1 Å². The highest BCUT2D eigenvalue weighted by atomic mass is 16.5. The van der Waals surface area contributed by atoms with Crippen LogP contribution in [-0.4, -0.2) is 35.7 Å². The monoisotopic (exact) mass is 377 g/mol. The van der Waals surface area contributed by atoms with Crippen molar-refractivity contribution in [2.24, 2.45) is 4.99 Å². The second-order valence-corrected chi connectivity index (χ2v) is 6.42. The fraction of sp³-hybridized carbons (Fsp3) is 0.273. The molecule has 6 heteroatoms. The van der Waals surface area contributed by atoms with Gasteiger partial charge in [-0.05, 0) is 29.7 Å². The van der Waals surface area contributed by atoms with Crippen molar-refractivity contribution >= 4 is 5.96 Å². The van der Waals surface area contributed by atoms with Crippen LogP contribution in [0, 0.1) is 0 Å². The Bertz CT molecular complexity index is 846. The molecule has 0 atom stereocenters. The molecule has 0 unspecified atom stereocenters. The summed E-state index contributed by atoms with van der Waals surface area (Å²) in [6, 6.07) is 18.4. The number of ether oxygens (including phenoxy) is 1. The van der Waals surface area contributed by atoms with Gasteiger partial charge in [-0.2, -0.15) is 0 Å². The number of para-hydroxylation sites is 1. The first-order valence-electron chi connectivity index (χ1n) is 9.49. The lowest BCUT2D eigenvalue weighted by Gasteiger charge is -2.13. The van der Waals surface area contributed by atoms with Crippen LogP contribution in [0.15, 0.2) is 78.3 Å². The summed E-state index contributed by atoms with van der Waals surface area (Å²) in [6.45, 7) is 3.01. The topological polar surface area (TPSA) is 63.5 Å². The number of nitrogens with zero attached hydrogens (tertiary/aromatic N) is 3. The first-order chi connectivity index (χ1) is 13.8. The van der Waals surface area contributed by atoms with Gasteiger partial charge in [-0.3, -0.25) is 4.99 Å². The maximum Gasteiger partial charge on any atom is 0.191 e. The predicted molar refractivity (Wildman–Crippen MR) is 113 cm³/mol. The van der Waals surface area contributed by atoms with Crippen LogP contribution in [0.2, 0.25) is 0 Å². The van der Waals surface area contributed by atoms with Crippen molar-refractivity contribution in [3.8, 4) is 5.75 Å². The third kappa shape index (κ3) is 6.46. The number of rotatable bonds is 9. The summed E-state index contributed by atoms with van der Waals surface area (Å²) in [5.41, 5.74) is 2.46. The van der Waals surface area contributed by atoms with Gasteiger partial charge < -0.3 is 19.9 Å². The molecule has 1 heterocycles. The zero-order valence-corrected chi connectivity index (χ0v) is 16.2. The number of guanidine groups is 1. The molecule has 28 heavy (non-hydrogen) atoms. The Balaban J connectivity index is 1.38. The highest BCUT2D eigenvalue weighted by Crippen LogP contribution is 2.08. The van der Waals surface area contributed by atoms with E-state index in [0.29, 0.717) is 6.61 Å². The molecule has 0 aliphatic rings. The molecule has 3 aromatic rings. The molecule has 1 aromatic heterocycles. The Kier molecular flexibility index (Phi) is 7.49. The number of hydrogen-bond acceptors (Lipinski definition) is 3. The van der Waals surface area contributed by atoms with Crippen molar-refractivity contribution in [3.05, 3.63) is 84.4 Å². The highest BCUT2D eigenvalue weighted by Gasteiger charge is 2.01. The van der Waals surface area contributed by atoms with E-state index in [0.717, 1.165) is 37.8 Å². The average molecular weight is 377 g/mol. The molecule has 0 spiro atoms. The Morgan fingerprint density at radius 3 is 2.71 bits per heavy atom. The molecular weight excluding hydrogens is 350 g/mol. The molecular formula is C22H27N5O. The van der Waals surface area contributed by atoms with E-state index in [9.17, 15) is 0 Å². The van der Waals surface area contributed by atoms with Crippen LogP contribution in [0.3, 0.4) is 0 Å². The van der Waals surface area contributed by atoms with Crippen LogP contribution in [0.5, 0.6) is 5.75 Å². The molecule has 0 bridgehead atoms. The fourth-order valence-electron chi connectivity index (χ4n) is 2.82. The molecule has 0 saturated carbocycles. The summed E-state index contributed by atoms with van der Waals surface area (Å²) in [5.74, 6) is 1.69. The summed E-state index contributed by atoms with van der Waals surface area (Å²) in [7, 11) is 1.78. The molecule has 0 amide bonds. The summed E-state index contributed by atoms with van der Waals surface area (Å²) >= 11 is 0. The van der Waals surface area contributed by atoms with Crippen LogP contribution in [0.1, 0.15) is 17.5 Å². The second-order valence-electron chi connectivity index (χ2n) is 6.42. The van der Waals surface area contributed by atoms with Crippen LogP contribution in [0.4, 0.5) is 0 Å². The quantitative estimate of drug-likeness (QED) is 0.342. The number of nitrogens with one attached hydrogen (secondary N) is 2. The standard InChI is InChI=1S/C22H27N5O/c1-23-22(25-11-6-14-28-21-9-3-2-4-10-21)26-16-19-7-5-8-20(15-19)17-27-13-12-24-18-27/h2-5,7-10,12-13,15,18H,6,11,14,16-17H2,1H3,(H2,23,25,26). The Hall–Kier alpha value is -3.28. The van der Waals surface area contributed by atoms with E-state index in [1.165, 1.54) is 11.1 Å². The number of imidazole rings is 1. The zero-order chi connectivity index (χ0) is 19.4. The van der Waals surface area contributed by atoms with Crippen molar-refractivity contribution in [2.45, 2.75) is 19.5 Å². The smallest absolute Gasteiger partial charge is 0.191 e. The molecule has 3 rings (SSSR count). The van der Waals surface area contributed by atoms with E-state index in [2.05, 4.69) is 49.4 Å². The minimum absolute atomic E-state index is 0.671. The number of hydrogen-bond donors (Lipinski definition) is 2. The normalized spacial score (nSPS) is 11.2. The van der Waals surface area contributed by atoms with Gasteiger partial charge in [-0.15, -0.1) is 0 Å². The number of aliphatic imine (C=N–C) groups is 1. The van der Waals surface area contributed by atoms with Crippen molar-refractivity contribution in [3.63, 3.8) is 0 Å². The first-order valence-corrected chi connectivity index (χ1v) is 9.49. The van der Waals surface area contributed by atoms with Gasteiger partial charge >= 0.3 is 0 Å². The minimum Gasteiger partial charge on any atom is -0.494 e. The number of aromatic nitrogens is 2. The van der Waals surface area contributed by atoms with Crippen LogP contribution >= 0.6 is 0 Å². The van der Waals surface area contributed by atoms with E-state index >= 15 is 0 Å². The molecule has 0 saturated heterocycles. The zero-order valence-electron chi connectivity index (χ0n) is 16.2. The summed E-state index contributed by atoms with van der Waals surface area (Å²) < 4.78 is 7.76. The summed E-state index contributed by atoms with van der Waals surface area (Å²) in [4.78, 5) is 8.37. The molecule has 2 N–H and O–H groups in total. The largest absolute Gasteiger partial charge is 0.494 e. The lowest BCUT2D eigenvalue weighted by Crippen LogP contribution is -2.37. The van der Waals surface area contributed by atoms with Crippen molar-refractivity contribution in [1.29, 1.82) is 0 Å². The van der Waals surface area contributed by atoms with Crippen molar-refractivity contribution < 1.29 is 4.74 Å². The highest BCUT2D eigenvalue weighted by molar-refractivity contribution is 5.79. The van der Waals surface area contributed by atoms with E-state index < -0.39 is 0 Å². The maximum absolute atomic E-state index is 5.70. The van der Waals surface area contributed by atoms with Gasteiger partial charge in [0.05, 0.1) is 12.9 Å². The third-order valence-electron chi connectivity index (χ3n) is 4.22. The molecule has 6 nitrogen and oxygen atoms in total. The van der Waals surface area contributed by atoms with Crippen LogP contribution in [0.25, 0.3) is 0 Å². The lowest BCUT2D eigenvalue weighted by molar-refractivity contribution is 0.311. The number of benzene rings is 2. The van der Waals surface area contributed by atoms with Gasteiger partial charge in [0.2, 0.25) is 0 Å². The van der Waals surface area contributed by atoms with E-state index in [1.807, 2.05) is 42.9 Å². The van der Waals surface area contributed by atoms with Gasteiger partial charge in [0.15, 0.2) is 5.96 Å². The second kappa shape index (κ2) is 10.8. The van der Waals surface area contributed by atoms with Crippen molar-refractivity contribution in [2.75, 3.05) is 20.2 Å². The van der Waals surface area contributed by atoms with Gasteiger partial charge in [-0.25, -0.2) is 4.98 Å². The molecule has 0 fully saturated rings. The van der Waals surface area contributed by atoms with Gasteiger partial charge in [-0.1, -0.05) is 42.5 Å². The molecule has 0 aliphatic heterocycles. The summed E-state index contributed by atoms with van der Waals surface area (Å²) in [5, 5.41) is 6.68. The molecule has 0 aliphatic carbocycles. The molecule has 2 aromatic carbocycles. The SMILES string of the molecule is CN=C(NCCCOc1ccccc1)NCc1cccc(Cn2ccnc2)c1. The van der Waals surface area contributed by atoms with Crippen LogP contribution in [-0.2, 0) is 13.1 Å². The first kappa shape index (κ1) is 19.5. The van der Waals surface area contributed by atoms with E-state index in [4.69, 9.17) is 4.74 Å². The molecule has 146 valence electrons. The third-order valence-corrected chi connectivity index (χ3v) is 4.22. The van der Waals surface area contributed by atoms with Gasteiger partial charge in [0.25, 0.3) is 0 Å². The lowest BCUT2D eigenvalue weighted by atomic mass is 10.1. The van der Waals surface area contributed by atoms with E-state index in [-0.39, 0.29) is 0 Å². The van der Waals surface area contributed by atoms with E-state index in [1.54, 1.807) is 13.2 Å². The minimum atomic E-state index is 0.671. The fourth-order valence-corrected chi connectivity index (χ4v) is 2.82.